The normalized spacial score (nSPS) is 18.1. The minimum Gasteiger partial charge on any atom is -0.278 e. The number of halogens is 2. The molecule has 2 aromatic rings. The summed E-state index contributed by atoms with van der Waals surface area (Å²) in [5.74, 6) is -0.0553. The lowest BCUT2D eigenvalue weighted by Gasteiger charge is -2.15. The first kappa shape index (κ1) is 15.6. The Balaban J connectivity index is 1.79. The van der Waals surface area contributed by atoms with E-state index < -0.39 is 0 Å². The highest BCUT2D eigenvalue weighted by Crippen LogP contribution is 2.33. The maximum atomic E-state index is 12.6. The van der Waals surface area contributed by atoms with Crippen LogP contribution < -0.4 is 4.90 Å². The van der Waals surface area contributed by atoms with Gasteiger partial charge in [-0.25, -0.2) is 0 Å². The van der Waals surface area contributed by atoms with Crippen molar-refractivity contribution in [2.24, 2.45) is 0 Å². The Bertz CT molecular complexity index is 718. The van der Waals surface area contributed by atoms with E-state index in [0.717, 1.165) is 10.0 Å². The summed E-state index contributed by atoms with van der Waals surface area (Å²) in [6, 6.07) is 14.9. The Morgan fingerprint density at radius 1 is 1.14 bits per heavy atom. The summed E-state index contributed by atoms with van der Waals surface area (Å²) in [6.07, 6.45) is 0.614. The number of nitrogens with zero attached hydrogens (tertiary/aromatic N) is 1. The average molecular weight is 396 g/mol. The third-order valence-electron chi connectivity index (χ3n) is 3.37. The lowest BCUT2D eigenvalue weighted by molar-refractivity contribution is -0.116. The largest absolute Gasteiger partial charge is 0.278 e. The van der Waals surface area contributed by atoms with Gasteiger partial charge in [0.1, 0.15) is 0 Å². The van der Waals surface area contributed by atoms with E-state index in [1.54, 1.807) is 24.3 Å². The van der Waals surface area contributed by atoms with Crippen molar-refractivity contribution in [2.75, 3.05) is 4.90 Å². The summed E-state index contributed by atoms with van der Waals surface area (Å²) in [5.41, 5.74) is 1.77. The summed E-state index contributed by atoms with van der Waals surface area (Å²) < 4.78 is 1.01. The van der Waals surface area contributed by atoms with Gasteiger partial charge >= 0.3 is 0 Å². The van der Waals surface area contributed by atoms with E-state index in [4.69, 9.17) is 17.0 Å². The van der Waals surface area contributed by atoms with Crippen molar-refractivity contribution in [2.45, 2.75) is 11.7 Å². The third kappa shape index (κ3) is 3.21. The number of hydrogen-bond donors (Lipinski definition) is 1. The van der Waals surface area contributed by atoms with Gasteiger partial charge in [-0.15, -0.1) is 0 Å². The number of amidine groups is 1. The van der Waals surface area contributed by atoms with Crippen molar-refractivity contribution in [3.8, 4) is 0 Å². The summed E-state index contributed by atoms with van der Waals surface area (Å²) >= 11 is 10.6. The van der Waals surface area contributed by atoms with Gasteiger partial charge < -0.3 is 0 Å². The molecule has 1 N–H and O–H groups in total. The molecule has 6 heteroatoms. The van der Waals surface area contributed by atoms with Crippen LogP contribution in [0.15, 0.2) is 53.0 Å². The molecular weight excluding hydrogens is 384 g/mol. The van der Waals surface area contributed by atoms with E-state index in [1.165, 1.54) is 16.7 Å². The summed E-state index contributed by atoms with van der Waals surface area (Å²) in [6.45, 7) is 0. The molecular formula is C16H12BrClN2OS. The highest BCUT2D eigenvalue weighted by atomic mass is 79.9. The van der Waals surface area contributed by atoms with Crippen LogP contribution in [0.2, 0.25) is 5.02 Å². The molecule has 0 aliphatic carbocycles. The quantitative estimate of drug-likeness (QED) is 0.816. The Morgan fingerprint density at radius 3 is 2.41 bits per heavy atom. The van der Waals surface area contributed by atoms with Gasteiger partial charge in [-0.3, -0.25) is 15.1 Å². The van der Waals surface area contributed by atoms with Crippen molar-refractivity contribution in [3.05, 3.63) is 63.6 Å². The molecule has 112 valence electrons. The molecule has 1 atom stereocenters. The molecule has 0 bridgehead atoms. The van der Waals surface area contributed by atoms with Gasteiger partial charge in [0.05, 0.1) is 10.9 Å². The van der Waals surface area contributed by atoms with Crippen molar-refractivity contribution in [1.29, 1.82) is 5.41 Å². The first-order chi connectivity index (χ1) is 10.5. The number of rotatable bonds is 3. The van der Waals surface area contributed by atoms with Gasteiger partial charge in [-0.05, 0) is 48.4 Å². The first-order valence-electron chi connectivity index (χ1n) is 6.64. The lowest BCUT2D eigenvalue weighted by atomic mass is 10.1. The minimum absolute atomic E-state index is 0.0553. The lowest BCUT2D eigenvalue weighted by Crippen LogP contribution is -2.32. The van der Waals surface area contributed by atoms with E-state index >= 15 is 0 Å². The Kier molecular flexibility index (Phi) is 4.57. The maximum absolute atomic E-state index is 12.6. The average Bonchev–Trinajstić information content (AvgIpc) is 2.77. The van der Waals surface area contributed by atoms with E-state index in [9.17, 15) is 4.79 Å². The van der Waals surface area contributed by atoms with Gasteiger partial charge in [-0.1, -0.05) is 51.4 Å². The monoisotopic (exact) mass is 394 g/mol. The highest BCUT2D eigenvalue weighted by molar-refractivity contribution is 9.10. The van der Waals surface area contributed by atoms with E-state index in [2.05, 4.69) is 15.9 Å². The molecule has 3 rings (SSSR count). The van der Waals surface area contributed by atoms with Gasteiger partial charge in [-0.2, -0.15) is 0 Å². The van der Waals surface area contributed by atoms with Gasteiger partial charge in [0.2, 0.25) is 5.91 Å². The standard InChI is InChI=1S/C16H12BrClN2OS/c17-11-3-1-10(2-4-11)9-14-15(21)20(16(19)22-14)13-7-5-12(18)6-8-13/h1-8,14,19H,9H2. The second-order valence-corrected chi connectivity index (χ2v) is 7.44. The zero-order valence-corrected chi connectivity index (χ0v) is 14.6. The topological polar surface area (TPSA) is 44.2 Å². The minimum atomic E-state index is -0.260. The number of anilines is 1. The smallest absolute Gasteiger partial charge is 0.247 e. The zero-order valence-electron chi connectivity index (χ0n) is 11.4. The van der Waals surface area contributed by atoms with Gasteiger partial charge in [0, 0.05) is 9.50 Å². The van der Waals surface area contributed by atoms with Crippen molar-refractivity contribution < 1.29 is 4.79 Å². The molecule has 0 saturated carbocycles. The van der Waals surface area contributed by atoms with Crippen LogP contribution >= 0.6 is 39.3 Å². The predicted octanol–water partition coefficient (Wildman–Crippen LogP) is 4.73. The van der Waals surface area contributed by atoms with Crippen molar-refractivity contribution in [1.82, 2.24) is 0 Å². The van der Waals surface area contributed by atoms with Gasteiger partial charge in [0.15, 0.2) is 5.17 Å². The molecule has 1 heterocycles. The summed E-state index contributed by atoms with van der Waals surface area (Å²) in [4.78, 5) is 14.0. The molecule has 1 aliphatic rings. The number of nitrogens with one attached hydrogen (secondary N) is 1. The SMILES string of the molecule is N=C1SC(Cc2ccc(Br)cc2)C(=O)N1c1ccc(Cl)cc1. The van der Waals surface area contributed by atoms with Crippen LogP contribution in [-0.4, -0.2) is 16.3 Å². The molecule has 22 heavy (non-hydrogen) atoms. The Hall–Kier alpha value is -1.30. The number of thioether (sulfide) groups is 1. The number of carbonyl (C=O) groups is 1. The third-order valence-corrected chi connectivity index (χ3v) is 5.21. The van der Waals surface area contributed by atoms with E-state index in [0.29, 0.717) is 17.1 Å². The molecule has 2 aromatic carbocycles. The highest BCUT2D eigenvalue weighted by Gasteiger charge is 2.37. The van der Waals surface area contributed by atoms with Crippen LogP contribution in [0.4, 0.5) is 5.69 Å². The van der Waals surface area contributed by atoms with Crippen LogP contribution in [0, 0.1) is 5.41 Å². The van der Waals surface area contributed by atoms with Crippen LogP contribution in [0.5, 0.6) is 0 Å². The van der Waals surface area contributed by atoms with Crippen LogP contribution in [0.1, 0.15) is 5.56 Å². The number of amides is 1. The van der Waals surface area contributed by atoms with E-state index in [1.807, 2.05) is 24.3 Å². The maximum Gasteiger partial charge on any atom is 0.247 e. The predicted molar refractivity (Wildman–Crippen MR) is 95.9 cm³/mol. The Labute approximate surface area is 146 Å². The number of carbonyl (C=O) groups excluding carboxylic acids is 1. The molecule has 1 aliphatic heterocycles. The summed E-state index contributed by atoms with van der Waals surface area (Å²) in [5, 5.41) is 8.70. The molecule has 1 fully saturated rings. The molecule has 0 spiro atoms. The molecule has 1 saturated heterocycles. The Morgan fingerprint density at radius 2 is 1.77 bits per heavy atom. The summed E-state index contributed by atoms with van der Waals surface area (Å²) in [7, 11) is 0. The van der Waals surface area contributed by atoms with Crippen LogP contribution in [0.3, 0.4) is 0 Å². The van der Waals surface area contributed by atoms with E-state index in [-0.39, 0.29) is 16.3 Å². The number of hydrogen-bond acceptors (Lipinski definition) is 3. The molecule has 3 nitrogen and oxygen atoms in total. The van der Waals surface area contributed by atoms with Crippen LogP contribution in [0.25, 0.3) is 0 Å². The molecule has 1 amide bonds. The van der Waals surface area contributed by atoms with Crippen LogP contribution in [-0.2, 0) is 11.2 Å². The van der Waals surface area contributed by atoms with Crippen molar-refractivity contribution in [3.63, 3.8) is 0 Å². The second kappa shape index (κ2) is 6.44. The number of benzene rings is 2. The molecule has 1 unspecified atom stereocenters. The second-order valence-electron chi connectivity index (χ2n) is 4.89. The fourth-order valence-electron chi connectivity index (χ4n) is 2.28. The van der Waals surface area contributed by atoms with Gasteiger partial charge in [0.25, 0.3) is 0 Å². The zero-order chi connectivity index (χ0) is 15.7. The molecule has 0 radical (unpaired) electrons. The fourth-order valence-corrected chi connectivity index (χ4v) is 3.72. The molecule has 0 aromatic heterocycles. The van der Waals surface area contributed by atoms with Crippen molar-refractivity contribution >= 4 is 56.1 Å². The fraction of sp³-hybridized carbons (Fsp3) is 0.125. The first-order valence-corrected chi connectivity index (χ1v) is 8.69.